The maximum absolute atomic E-state index is 12.6. The summed E-state index contributed by atoms with van der Waals surface area (Å²) in [6.45, 7) is 0. The Kier molecular flexibility index (Phi) is 4.64. The molecule has 1 amide bonds. The highest BCUT2D eigenvalue weighted by Gasteiger charge is 2.45. The van der Waals surface area contributed by atoms with Crippen molar-refractivity contribution in [2.75, 3.05) is 0 Å². The minimum Gasteiger partial charge on any atom is -0.444 e. The summed E-state index contributed by atoms with van der Waals surface area (Å²) >= 11 is 0. The monoisotopic (exact) mass is 400 g/mol. The number of fused-ring (bicyclic) bond motifs is 1. The number of allylic oxidation sites excluding steroid dienone is 1. The molecule has 0 bridgehead atoms. The Morgan fingerprint density at radius 1 is 1.23 bits per heavy atom. The van der Waals surface area contributed by atoms with E-state index in [1.165, 1.54) is 12.6 Å². The molecule has 2 fully saturated rings. The van der Waals surface area contributed by atoms with Crippen LogP contribution in [0.15, 0.2) is 63.0 Å². The zero-order valence-electron chi connectivity index (χ0n) is 16.2. The van der Waals surface area contributed by atoms with Gasteiger partial charge in [0.1, 0.15) is 11.8 Å². The number of carbonyl (C=O) groups is 1. The molecule has 8 nitrogen and oxygen atoms in total. The number of rotatable bonds is 3. The highest BCUT2D eigenvalue weighted by Crippen LogP contribution is 2.36. The number of hydrogen-bond acceptors (Lipinski definition) is 6. The second kappa shape index (κ2) is 7.59. The zero-order chi connectivity index (χ0) is 20.5. The minimum absolute atomic E-state index is 0.0123. The predicted octanol–water partition coefficient (Wildman–Crippen LogP) is 3.39. The Morgan fingerprint density at radius 3 is 2.83 bits per heavy atom. The number of hydrazine groups is 1. The number of hydrogen-bond donors (Lipinski definition) is 1. The van der Waals surface area contributed by atoms with Crippen molar-refractivity contribution in [2.45, 2.75) is 31.7 Å². The number of dihydropyridines is 1. The number of aromatic nitrogens is 1. The van der Waals surface area contributed by atoms with E-state index in [9.17, 15) is 10.1 Å². The molecule has 150 valence electrons. The smallest absolute Gasteiger partial charge is 0.262 e. The summed E-state index contributed by atoms with van der Waals surface area (Å²) in [5, 5.41) is 11.6. The lowest BCUT2D eigenvalue weighted by atomic mass is 9.84. The van der Waals surface area contributed by atoms with Crippen LogP contribution < -0.4 is 5.43 Å². The standard InChI is InChI=1S/C22H20N6O2/c23-11-15-3-1-2-4-17(15)28-18-9-10-25-22(29)20(18)21(27-28)26-16-7-5-14(6-8-16)19-12-24-13-30-19/h5-10,12-13,15,17,20H,1-4H2,(H,26,27)/t15-,17?,20?/m1/s1. The number of benzene rings is 1. The van der Waals surface area contributed by atoms with Gasteiger partial charge < -0.3 is 4.42 Å². The van der Waals surface area contributed by atoms with Gasteiger partial charge in [-0.15, -0.1) is 0 Å². The molecule has 1 N–H and O–H groups in total. The molecule has 2 aromatic rings. The van der Waals surface area contributed by atoms with Crippen LogP contribution in [0, 0.1) is 23.2 Å². The van der Waals surface area contributed by atoms with Crippen LogP contribution >= 0.6 is 0 Å². The number of oxazole rings is 1. The van der Waals surface area contributed by atoms with Gasteiger partial charge in [0.25, 0.3) is 5.91 Å². The molecule has 2 unspecified atom stereocenters. The van der Waals surface area contributed by atoms with E-state index in [0.29, 0.717) is 17.3 Å². The van der Waals surface area contributed by atoms with Crippen molar-refractivity contribution in [3.8, 4) is 17.4 Å². The summed E-state index contributed by atoms with van der Waals surface area (Å²) in [5.41, 5.74) is 5.75. The first-order chi connectivity index (χ1) is 14.7. The van der Waals surface area contributed by atoms with Gasteiger partial charge in [0.15, 0.2) is 12.2 Å². The average molecular weight is 400 g/mol. The fraction of sp³-hybridized carbons (Fsp3) is 0.318. The van der Waals surface area contributed by atoms with E-state index < -0.39 is 5.92 Å². The van der Waals surface area contributed by atoms with Crippen LogP contribution in [-0.2, 0) is 4.79 Å². The van der Waals surface area contributed by atoms with E-state index in [4.69, 9.17) is 9.41 Å². The third-order valence-corrected chi connectivity index (χ3v) is 5.84. The van der Waals surface area contributed by atoms with Crippen LogP contribution in [-0.4, -0.2) is 34.0 Å². The van der Waals surface area contributed by atoms with E-state index in [0.717, 1.165) is 36.9 Å². The fourth-order valence-corrected chi connectivity index (χ4v) is 4.35. The second-order valence-corrected chi connectivity index (χ2v) is 7.62. The summed E-state index contributed by atoms with van der Waals surface area (Å²) in [5.74, 6) is 0.329. The van der Waals surface area contributed by atoms with E-state index in [1.54, 1.807) is 6.20 Å². The van der Waals surface area contributed by atoms with Gasteiger partial charge in [-0.25, -0.2) is 15.0 Å². The third kappa shape index (κ3) is 3.18. The van der Waals surface area contributed by atoms with Gasteiger partial charge in [0.2, 0.25) is 0 Å². The fourth-order valence-electron chi connectivity index (χ4n) is 4.35. The maximum Gasteiger partial charge on any atom is 0.262 e. The zero-order valence-corrected chi connectivity index (χ0v) is 16.2. The summed E-state index contributed by atoms with van der Waals surface area (Å²) in [6, 6.07) is 9.99. The number of aliphatic imine (C=N–C) groups is 2. The van der Waals surface area contributed by atoms with Gasteiger partial charge in [-0.1, -0.05) is 12.8 Å². The molecule has 1 aromatic heterocycles. The van der Waals surface area contributed by atoms with Crippen molar-refractivity contribution >= 4 is 23.6 Å². The molecule has 2 aliphatic heterocycles. The highest BCUT2D eigenvalue weighted by molar-refractivity contribution is 6.12. The third-order valence-electron chi connectivity index (χ3n) is 5.84. The molecule has 30 heavy (non-hydrogen) atoms. The number of nitrogens with one attached hydrogen (secondary N) is 1. The average Bonchev–Trinajstić information content (AvgIpc) is 3.44. The van der Waals surface area contributed by atoms with Crippen LogP contribution in [0.1, 0.15) is 25.7 Å². The number of carbonyl (C=O) groups excluding carboxylic acids is 1. The lowest BCUT2D eigenvalue weighted by Gasteiger charge is -2.36. The van der Waals surface area contributed by atoms with Gasteiger partial charge in [-0.3, -0.25) is 15.2 Å². The summed E-state index contributed by atoms with van der Waals surface area (Å²) in [7, 11) is 0. The summed E-state index contributed by atoms with van der Waals surface area (Å²) in [6.07, 6.45) is 10.3. The van der Waals surface area contributed by atoms with E-state index in [1.807, 2.05) is 35.4 Å². The Balaban J connectivity index is 1.46. The van der Waals surface area contributed by atoms with Crippen LogP contribution in [0.5, 0.6) is 0 Å². The lowest BCUT2D eigenvalue weighted by molar-refractivity contribution is -0.119. The molecule has 8 heteroatoms. The molecule has 3 heterocycles. The Hall–Kier alpha value is -3.73. The van der Waals surface area contributed by atoms with Gasteiger partial charge >= 0.3 is 0 Å². The lowest BCUT2D eigenvalue weighted by Crippen LogP contribution is -2.46. The molecule has 1 aliphatic carbocycles. The molecule has 0 spiro atoms. The van der Waals surface area contributed by atoms with Crippen molar-refractivity contribution in [3.63, 3.8) is 0 Å². The topological polar surface area (TPSA) is 107 Å². The maximum atomic E-state index is 12.6. The largest absolute Gasteiger partial charge is 0.444 e. The van der Waals surface area contributed by atoms with E-state index in [2.05, 4.69) is 21.5 Å². The van der Waals surface area contributed by atoms with Gasteiger partial charge in [0, 0.05) is 11.8 Å². The first-order valence-electron chi connectivity index (χ1n) is 10.1. The molecule has 3 aliphatic rings. The number of nitrogens with zero attached hydrogens (tertiary/aromatic N) is 5. The molecule has 5 rings (SSSR count). The summed E-state index contributed by atoms with van der Waals surface area (Å²) in [4.78, 5) is 25.2. The van der Waals surface area contributed by atoms with Crippen molar-refractivity contribution < 1.29 is 9.21 Å². The molecular formula is C22H20N6O2. The Labute approximate surface area is 173 Å². The van der Waals surface area contributed by atoms with Crippen molar-refractivity contribution in [2.24, 2.45) is 21.8 Å². The number of amides is 1. The number of amidine groups is 1. The van der Waals surface area contributed by atoms with E-state index in [-0.39, 0.29) is 17.9 Å². The molecular weight excluding hydrogens is 380 g/mol. The van der Waals surface area contributed by atoms with Crippen LogP contribution in [0.4, 0.5) is 5.69 Å². The molecule has 1 saturated heterocycles. The number of nitriles is 1. The highest BCUT2D eigenvalue weighted by atomic mass is 16.3. The Morgan fingerprint density at radius 2 is 2.07 bits per heavy atom. The molecule has 0 radical (unpaired) electrons. The summed E-state index contributed by atoms with van der Waals surface area (Å²) < 4.78 is 5.32. The van der Waals surface area contributed by atoms with Crippen molar-refractivity contribution in [1.82, 2.24) is 15.4 Å². The van der Waals surface area contributed by atoms with Crippen LogP contribution in [0.2, 0.25) is 0 Å². The molecule has 3 atom stereocenters. The predicted molar refractivity (Wildman–Crippen MR) is 110 cm³/mol. The van der Waals surface area contributed by atoms with Gasteiger partial charge in [-0.2, -0.15) is 5.26 Å². The van der Waals surface area contributed by atoms with Crippen LogP contribution in [0.3, 0.4) is 0 Å². The quantitative estimate of drug-likeness (QED) is 0.846. The van der Waals surface area contributed by atoms with Gasteiger partial charge in [0.05, 0.1) is 35.6 Å². The van der Waals surface area contributed by atoms with Crippen molar-refractivity contribution in [1.29, 1.82) is 5.26 Å². The molecule has 1 aromatic carbocycles. The minimum atomic E-state index is -0.565. The normalized spacial score (nSPS) is 26.8. The van der Waals surface area contributed by atoms with Gasteiger partial charge in [-0.05, 0) is 43.2 Å². The SMILES string of the molecule is N#C[C@H]1CCCCC1N1NC(=Nc2ccc(-c3cnco3)cc2)C2C(=O)N=CC=C21. The second-order valence-electron chi connectivity index (χ2n) is 7.62. The van der Waals surface area contributed by atoms with Crippen molar-refractivity contribution in [3.05, 3.63) is 48.6 Å². The Bertz CT molecular complexity index is 1080. The first-order valence-corrected chi connectivity index (χ1v) is 10.1. The molecule has 1 saturated carbocycles. The van der Waals surface area contributed by atoms with E-state index >= 15 is 0 Å². The van der Waals surface area contributed by atoms with Crippen LogP contribution in [0.25, 0.3) is 11.3 Å². The first kappa shape index (κ1) is 18.3.